The molecule has 0 fully saturated rings. The van der Waals surface area contributed by atoms with Crippen LogP contribution < -0.4 is 0 Å². The van der Waals surface area contributed by atoms with Gasteiger partial charge < -0.3 is 0 Å². The van der Waals surface area contributed by atoms with Crippen LogP contribution in [-0.2, 0) is 0 Å². The van der Waals surface area contributed by atoms with Gasteiger partial charge in [0.05, 0.1) is 0 Å². The van der Waals surface area contributed by atoms with E-state index in [-0.39, 0.29) is 0 Å². The number of hydrogen-bond acceptors (Lipinski definition) is 0. The molecule has 0 aromatic rings. The van der Waals surface area contributed by atoms with Crippen LogP contribution in [0.1, 0.15) is 41.5 Å². The van der Waals surface area contributed by atoms with Crippen LogP contribution >= 0.6 is 0 Å². The first-order valence-electron chi connectivity index (χ1n) is 4.23. The first-order valence-corrected chi connectivity index (χ1v) is 11.3. The molecule has 0 bridgehead atoms. The number of rotatable bonds is 0. The quantitative estimate of drug-likeness (QED) is 0.574. The molecular formula is C9H21F2Sb. The van der Waals surface area contributed by atoms with Crippen molar-refractivity contribution in [3.8, 4) is 0 Å². The van der Waals surface area contributed by atoms with E-state index in [4.69, 9.17) is 0 Å². The summed E-state index contributed by atoms with van der Waals surface area (Å²) in [4.78, 5) is 1.24. The molecule has 3 heteroatoms. The van der Waals surface area contributed by atoms with Crippen molar-refractivity contribution in [2.24, 2.45) is 0 Å². The molecule has 0 amide bonds. The zero-order chi connectivity index (χ0) is 10.4. The van der Waals surface area contributed by atoms with Crippen molar-refractivity contribution >= 4 is 18.6 Å². The van der Waals surface area contributed by atoms with Crippen molar-refractivity contribution in [1.82, 2.24) is 0 Å². The van der Waals surface area contributed by atoms with Gasteiger partial charge in [-0.1, -0.05) is 0 Å². The zero-order valence-corrected chi connectivity index (χ0v) is 11.8. The van der Waals surface area contributed by atoms with Gasteiger partial charge in [-0.3, -0.25) is 0 Å². The van der Waals surface area contributed by atoms with Gasteiger partial charge in [-0.2, -0.15) is 0 Å². The van der Waals surface area contributed by atoms with Crippen LogP contribution in [0.5, 0.6) is 0 Å². The van der Waals surface area contributed by atoms with Crippen LogP contribution in [0.2, 0.25) is 11.6 Å². The summed E-state index contributed by atoms with van der Waals surface area (Å²) in [5, 5.41) is 0. The fraction of sp³-hybridized carbons (Fsp3) is 1.00. The molecule has 0 aliphatic carbocycles. The molecule has 0 nitrogen and oxygen atoms in total. The van der Waals surface area contributed by atoms with Gasteiger partial charge in [0.15, 0.2) is 0 Å². The van der Waals surface area contributed by atoms with E-state index in [1.54, 1.807) is 41.5 Å². The molecule has 0 N–H and O–H groups in total. The third-order valence-corrected chi connectivity index (χ3v) is 20.3. The average molecular weight is 289 g/mol. The average Bonchev–Trinajstić information content (AvgIpc) is 1.55. The fourth-order valence-electron chi connectivity index (χ4n) is 1.01. The molecule has 0 aliphatic heterocycles. The Morgan fingerprint density at radius 1 is 0.750 bits per heavy atom. The summed E-state index contributed by atoms with van der Waals surface area (Å²) in [6.07, 6.45) is 0. The third kappa shape index (κ3) is 1.64. The molecule has 0 rings (SSSR count). The zero-order valence-electron chi connectivity index (χ0n) is 9.20. The van der Waals surface area contributed by atoms with E-state index < -0.39 is 25.3 Å². The monoisotopic (exact) mass is 288 g/mol. The van der Waals surface area contributed by atoms with Crippen molar-refractivity contribution in [2.75, 3.05) is 0 Å². The summed E-state index contributed by atoms with van der Waals surface area (Å²) in [5.74, 6) is 0. The van der Waals surface area contributed by atoms with E-state index in [2.05, 4.69) is 0 Å². The van der Waals surface area contributed by atoms with E-state index in [9.17, 15) is 5.63 Å². The molecule has 0 radical (unpaired) electrons. The van der Waals surface area contributed by atoms with Gasteiger partial charge in [-0.05, 0) is 0 Å². The standard InChI is InChI=1S/2C4H9.CH3.2FH.Sb/c2*1-4(2)3;;;;/h2*1-3H3;1H3;2*1H;/q;;;;;+2/p-2. The van der Waals surface area contributed by atoms with Gasteiger partial charge in [0.2, 0.25) is 0 Å². The van der Waals surface area contributed by atoms with Crippen LogP contribution in [0.15, 0.2) is 0 Å². The molecule has 76 valence electrons. The van der Waals surface area contributed by atoms with Crippen LogP contribution in [0.25, 0.3) is 0 Å². The molecule has 0 aliphatic rings. The van der Waals surface area contributed by atoms with Crippen molar-refractivity contribution in [3.05, 3.63) is 0 Å². The molecule has 0 saturated heterocycles. The second kappa shape index (κ2) is 2.59. The Morgan fingerprint density at radius 3 is 0.917 bits per heavy atom. The van der Waals surface area contributed by atoms with E-state index >= 15 is 0 Å². The Hall–Kier alpha value is 0.678. The molecular weight excluding hydrogens is 268 g/mol. The van der Waals surface area contributed by atoms with Crippen molar-refractivity contribution in [1.29, 1.82) is 0 Å². The molecule has 0 unspecified atom stereocenters. The Balaban J connectivity index is 5.29. The predicted octanol–water partition coefficient (Wildman–Crippen LogP) is 4.55. The minimum absolute atomic E-state index is 0.814. The van der Waals surface area contributed by atoms with E-state index in [0.29, 0.717) is 0 Å². The molecule has 0 aromatic carbocycles. The van der Waals surface area contributed by atoms with Crippen LogP contribution in [-0.4, -0.2) is 18.6 Å². The van der Waals surface area contributed by atoms with E-state index in [1.807, 2.05) is 0 Å². The van der Waals surface area contributed by atoms with Crippen molar-refractivity contribution in [3.63, 3.8) is 0 Å². The van der Waals surface area contributed by atoms with Gasteiger partial charge >= 0.3 is 77.3 Å². The molecule has 0 heterocycles. The first kappa shape index (κ1) is 12.7. The Labute approximate surface area is 77.4 Å². The molecule has 0 aromatic heterocycles. The summed E-state index contributed by atoms with van der Waals surface area (Å²) in [5.41, 5.74) is 0. The van der Waals surface area contributed by atoms with Gasteiger partial charge in [0, 0.05) is 0 Å². The number of halogens is 2. The summed E-state index contributed by atoms with van der Waals surface area (Å²) in [7, 11) is 0. The fourth-order valence-corrected chi connectivity index (χ4v) is 6.75. The summed E-state index contributed by atoms with van der Waals surface area (Å²) < 4.78 is 27.0. The maximum atomic E-state index is 14.3. The van der Waals surface area contributed by atoms with Crippen LogP contribution in [0.3, 0.4) is 0 Å². The van der Waals surface area contributed by atoms with Gasteiger partial charge in [-0.25, -0.2) is 0 Å². The minimum atomic E-state index is -5.41. The van der Waals surface area contributed by atoms with Gasteiger partial charge in [-0.15, -0.1) is 0 Å². The Kier molecular flexibility index (Phi) is 2.74. The van der Waals surface area contributed by atoms with Crippen molar-refractivity contribution < 1.29 is 5.63 Å². The SMILES string of the molecule is C[C](C)(C)[Sb]([CH3])([F])([F])[C](C)(C)C. The maximum absolute atomic E-state index is 14.3. The third-order valence-electron chi connectivity index (χ3n) is 3.03. The van der Waals surface area contributed by atoms with Crippen LogP contribution in [0.4, 0.5) is 5.63 Å². The second-order valence-corrected chi connectivity index (χ2v) is 20.7. The molecule has 12 heavy (non-hydrogen) atoms. The number of hydrogen-bond donors (Lipinski definition) is 0. The first-order chi connectivity index (χ1) is 4.79. The van der Waals surface area contributed by atoms with Gasteiger partial charge in [0.1, 0.15) is 0 Å². The summed E-state index contributed by atoms with van der Waals surface area (Å²) in [6.45, 7) is 10.00. The normalized spacial score (nSPS) is 18.6. The van der Waals surface area contributed by atoms with E-state index in [0.717, 1.165) is 0 Å². The predicted molar refractivity (Wildman–Crippen MR) is 53.3 cm³/mol. The van der Waals surface area contributed by atoms with Gasteiger partial charge in [0.25, 0.3) is 0 Å². The van der Waals surface area contributed by atoms with Crippen LogP contribution in [0, 0.1) is 0 Å². The second-order valence-electron chi connectivity index (χ2n) is 5.64. The Morgan fingerprint density at radius 2 is 0.917 bits per heavy atom. The molecule has 0 atom stereocenters. The molecule has 0 spiro atoms. The summed E-state index contributed by atoms with van der Waals surface area (Å²) in [6, 6.07) is 0. The Bertz CT molecular complexity index is 157. The molecule has 0 saturated carbocycles. The topological polar surface area (TPSA) is 0 Å². The summed E-state index contributed by atoms with van der Waals surface area (Å²) >= 11 is -5.41. The van der Waals surface area contributed by atoms with E-state index in [1.165, 1.54) is 4.87 Å². The van der Waals surface area contributed by atoms with Crippen molar-refractivity contribution in [2.45, 2.75) is 53.1 Å².